The molecule has 0 aliphatic carbocycles. The third-order valence-corrected chi connectivity index (χ3v) is 3.01. The van der Waals surface area contributed by atoms with Crippen LogP contribution in [-0.4, -0.2) is 47.7 Å². The molecule has 100 valence electrons. The summed E-state index contributed by atoms with van der Waals surface area (Å²) in [6.45, 7) is 2.45. The lowest BCUT2D eigenvalue weighted by Crippen LogP contribution is -2.50. The van der Waals surface area contributed by atoms with Gasteiger partial charge in [-0.25, -0.2) is 0 Å². The lowest BCUT2D eigenvalue weighted by molar-refractivity contribution is -0.270. The summed E-state index contributed by atoms with van der Waals surface area (Å²) < 4.78 is 43.7. The van der Waals surface area contributed by atoms with Crippen LogP contribution in [0.3, 0.4) is 0 Å². The summed E-state index contributed by atoms with van der Waals surface area (Å²) in [6.07, 6.45) is -4.72. The van der Waals surface area contributed by atoms with Crippen LogP contribution >= 0.6 is 11.6 Å². The van der Waals surface area contributed by atoms with E-state index < -0.39 is 29.6 Å². The van der Waals surface area contributed by atoms with E-state index in [1.165, 1.54) is 13.8 Å². The molecule has 3 nitrogen and oxygen atoms in total. The van der Waals surface area contributed by atoms with E-state index in [2.05, 4.69) is 0 Å². The standard InChI is InChI=1S/C10H15ClF3NO2/c1-3-17-9(10(12,13)14)4-5-15(6-9)8(16)7(2)11/h7H,3-6H2,1-2H3/t7-,9+/m1/s1. The van der Waals surface area contributed by atoms with Gasteiger partial charge in [0, 0.05) is 19.6 Å². The van der Waals surface area contributed by atoms with Gasteiger partial charge in [0.15, 0.2) is 5.60 Å². The molecule has 7 heteroatoms. The minimum atomic E-state index is -4.48. The van der Waals surface area contributed by atoms with Crippen LogP contribution in [0.4, 0.5) is 13.2 Å². The van der Waals surface area contributed by atoms with E-state index in [1.54, 1.807) is 0 Å². The molecule has 1 fully saturated rings. The third kappa shape index (κ3) is 2.85. The van der Waals surface area contributed by atoms with E-state index in [-0.39, 0.29) is 19.6 Å². The maximum atomic E-state index is 12.9. The van der Waals surface area contributed by atoms with Gasteiger partial charge in [-0.3, -0.25) is 4.79 Å². The highest BCUT2D eigenvalue weighted by Gasteiger charge is 2.60. The Balaban J connectivity index is 2.83. The molecule has 0 spiro atoms. The van der Waals surface area contributed by atoms with Crippen molar-refractivity contribution < 1.29 is 22.7 Å². The van der Waals surface area contributed by atoms with E-state index in [4.69, 9.17) is 16.3 Å². The van der Waals surface area contributed by atoms with Gasteiger partial charge < -0.3 is 9.64 Å². The van der Waals surface area contributed by atoms with Gasteiger partial charge in [0.25, 0.3) is 0 Å². The van der Waals surface area contributed by atoms with Gasteiger partial charge in [0.1, 0.15) is 5.38 Å². The molecule has 0 aromatic heterocycles. The molecule has 1 rings (SSSR count). The third-order valence-electron chi connectivity index (χ3n) is 2.82. The average molecular weight is 274 g/mol. The molecule has 0 radical (unpaired) electrons. The van der Waals surface area contributed by atoms with Crippen LogP contribution < -0.4 is 0 Å². The van der Waals surface area contributed by atoms with Gasteiger partial charge >= 0.3 is 6.18 Å². The number of alkyl halides is 4. The number of likely N-dealkylation sites (tertiary alicyclic amines) is 1. The van der Waals surface area contributed by atoms with Crippen LogP contribution in [0.25, 0.3) is 0 Å². The van der Waals surface area contributed by atoms with E-state index in [9.17, 15) is 18.0 Å². The highest BCUT2D eigenvalue weighted by atomic mass is 35.5. The van der Waals surface area contributed by atoms with Gasteiger partial charge in [-0.2, -0.15) is 13.2 Å². The van der Waals surface area contributed by atoms with Crippen molar-refractivity contribution in [2.75, 3.05) is 19.7 Å². The van der Waals surface area contributed by atoms with E-state index in [1.807, 2.05) is 0 Å². The van der Waals surface area contributed by atoms with Crippen LogP contribution in [0.15, 0.2) is 0 Å². The topological polar surface area (TPSA) is 29.5 Å². The second-order valence-corrected chi connectivity index (χ2v) is 4.71. The maximum absolute atomic E-state index is 12.9. The summed E-state index contributed by atoms with van der Waals surface area (Å²) in [5.41, 5.74) is -2.23. The first kappa shape index (κ1) is 14.6. The molecule has 2 atom stereocenters. The van der Waals surface area contributed by atoms with E-state index in [0.717, 1.165) is 4.90 Å². The lowest BCUT2D eigenvalue weighted by Gasteiger charge is -2.31. The molecule has 0 saturated carbocycles. The molecular weight excluding hydrogens is 259 g/mol. The van der Waals surface area contributed by atoms with Crippen molar-refractivity contribution in [1.82, 2.24) is 4.90 Å². The van der Waals surface area contributed by atoms with Crippen LogP contribution in [0.5, 0.6) is 0 Å². The smallest absolute Gasteiger partial charge is 0.364 e. The van der Waals surface area contributed by atoms with Gasteiger partial charge in [0.05, 0.1) is 6.54 Å². The minimum absolute atomic E-state index is 0.0232. The number of amides is 1. The number of halogens is 4. The zero-order valence-corrected chi connectivity index (χ0v) is 10.4. The fraction of sp³-hybridized carbons (Fsp3) is 0.900. The van der Waals surface area contributed by atoms with Crippen LogP contribution in [-0.2, 0) is 9.53 Å². The van der Waals surface area contributed by atoms with Crippen molar-refractivity contribution in [2.24, 2.45) is 0 Å². The summed E-state index contributed by atoms with van der Waals surface area (Å²) in [5, 5.41) is -0.819. The molecule has 0 unspecified atom stereocenters. The van der Waals surface area contributed by atoms with E-state index >= 15 is 0 Å². The minimum Gasteiger partial charge on any atom is -0.364 e. The quantitative estimate of drug-likeness (QED) is 0.738. The van der Waals surface area contributed by atoms with Crippen molar-refractivity contribution in [3.05, 3.63) is 0 Å². The molecule has 0 bridgehead atoms. The largest absolute Gasteiger partial charge is 0.419 e. The average Bonchev–Trinajstić information content (AvgIpc) is 2.62. The zero-order valence-electron chi connectivity index (χ0n) is 9.68. The second kappa shape index (κ2) is 5.02. The van der Waals surface area contributed by atoms with Crippen LogP contribution in [0.2, 0.25) is 0 Å². The summed E-state index contributed by atoms with van der Waals surface area (Å²) in [6, 6.07) is 0. The van der Waals surface area contributed by atoms with Crippen molar-refractivity contribution in [2.45, 2.75) is 37.4 Å². The van der Waals surface area contributed by atoms with Crippen molar-refractivity contribution in [1.29, 1.82) is 0 Å². The van der Waals surface area contributed by atoms with Crippen molar-refractivity contribution >= 4 is 17.5 Å². The number of hydrogen-bond donors (Lipinski definition) is 0. The zero-order chi connectivity index (χ0) is 13.3. The molecule has 17 heavy (non-hydrogen) atoms. The van der Waals surface area contributed by atoms with Gasteiger partial charge in [-0.05, 0) is 13.8 Å². The summed E-state index contributed by atoms with van der Waals surface area (Å²) >= 11 is 5.58. The predicted molar refractivity (Wildman–Crippen MR) is 56.9 cm³/mol. The van der Waals surface area contributed by atoms with Crippen LogP contribution in [0, 0.1) is 0 Å². The number of carbonyl (C=O) groups is 1. The van der Waals surface area contributed by atoms with E-state index in [0.29, 0.717) is 0 Å². The Bertz CT molecular complexity index is 296. The molecule has 1 aliphatic heterocycles. The SMILES string of the molecule is CCO[C@@]1(C(F)(F)F)CCN(C(=O)[C@@H](C)Cl)C1. The van der Waals surface area contributed by atoms with Crippen molar-refractivity contribution in [3.8, 4) is 0 Å². The van der Waals surface area contributed by atoms with Gasteiger partial charge in [0.2, 0.25) is 5.91 Å². The first-order valence-electron chi connectivity index (χ1n) is 5.37. The molecule has 0 N–H and O–H groups in total. The highest BCUT2D eigenvalue weighted by Crippen LogP contribution is 2.41. The molecule has 1 aliphatic rings. The fourth-order valence-electron chi connectivity index (χ4n) is 1.93. The Morgan fingerprint density at radius 2 is 2.18 bits per heavy atom. The number of ether oxygens (including phenoxy) is 1. The molecule has 0 aromatic rings. The molecule has 1 heterocycles. The van der Waals surface area contributed by atoms with Crippen molar-refractivity contribution in [3.63, 3.8) is 0 Å². The normalized spacial score (nSPS) is 27.3. The number of carbonyl (C=O) groups excluding carboxylic acids is 1. The number of rotatable bonds is 3. The van der Waals surface area contributed by atoms with Crippen LogP contribution in [0.1, 0.15) is 20.3 Å². The first-order chi connectivity index (χ1) is 7.73. The lowest BCUT2D eigenvalue weighted by atomic mass is 10.0. The Hall–Kier alpha value is -0.490. The Kier molecular flexibility index (Phi) is 4.30. The fourth-order valence-corrected chi connectivity index (χ4v) is 2.07. The Labute approximate surface area is 103 Å². The first-order valence-corrected chi connectivity index (χ1v) is 5.80. The number of hydrogen-bond acceptors (Lipinski definition) is 2. The molecule has 1 amide bonds. The monoisotopic (exact) mass is 273 g/mol. The Morgan fingerprint density at radius 3 is 2.59 bits per heavy atom. The summed E-state index contributed by atoms with van der Waals surface area (Å²) in [5.74, 6) is -0.488. The summed E-state index contributed by atoms with van der Waals surface area (Å²) in [7, 11) is 0. The predicted octanol–water partition coefficient (Wildman–Crippen LogP) is 2.18. The van der Waals surface area contributed by atoms with Gasteiger partial charge in [-0.1, -0.05) is 0 Å². The highest BCUT2D eigenvalue weighted by molar-refractivity contribution is 6.30. The number of nitrogens with zero attached hydrogens (tertiary/aromatic N) is 1. The molecule has 1 saturated heterocycles. The summed E-state index contributed by atoms with van der Waals surface area (Å²) in [4.78, 5) is 12.6. The Morgan fingerprint density at radius 1 is 1.59 bits per heavy atom. The van der Waals surface area contributed by atoms with Gasteiger partial charge in [-0.15, -0.1) is 11.6 Å². The molecule has 0 aromatic carbocycles. The maximum Gasteiger partial charge on any atom is 0.419 e. The second-order valence-electron chi connectivity index (χ2n) is 4.05. The molecular formula is C10H15ClF3NO2.